The molecule has 5 aromatic rings. The Morgan fingerprint density at radius 1 is 0.919 bits per heavy atom. The zero-order valence-electron chi connectivity index (χ0n) is 19.4. The number of nitrogens with one attached hydrogen (secondary N) is 2. The smallest absolute Gasteiger partial charge is 0.323 e. The molecular formula is C27H21F2N5O3. The first-order valence-corrected chi connectivity index (χ1v) is 11.7. The highest BCUT2D eigenvalue weighted by molar-refractivity contribution is 5.80. The van der Waals surface area contributed by atoms with Crippen molar-refractivity contribution in [2.24, 2.45) is 0 Å². The third-order valence-electron chi connectivity index (χ3n) is 6.41. The molecule has 0 saturated carbocycles. The van der Waals surface area contributed by atoms with Crippen LogP contribution >= 0.6 is 0 Å². The van der Waals surface area contributed by atoms with Crippen molar-refractivity contribution in [1.82, 2.24) is 24.6 Å². The fraction of sp³-hybridized carbons (Fsp3) is 0.148. The lowest BCUT2D eigenvalue weighted by Gasteiger charge is -2.23. The minimum atomic E-state index is -0.759. The molecule has 1 fully saturated rings. The van der Waals surface area contributed by atoms with Crippen LogP contribution in [0, 0.1) is 11.6 Å². The summed E-state index contributed by atoms with van der Waals surface area (Å²) in [4.78, 5) is 31.5. The van der Waals surface area contributed by atoms with Gasteiger partial charge in [-0.1, -0.05) is 18.2 Å². The number of hydrogen-bond acceptors (Lipinski definition) is 4. The van der Waals surface area contributed by atoms with Crippen molar-refractivity contribution in [3.05, 3.63) is 106 Å². The van der Waals surface area contributed by atoms with E-state index < -0.39 is 6.23 Å². The van der Waals surface area contributed by atoms with Crippen LogP contribution in [0.3, 0.4) is 0 Å². The lowest BCUT2D eigenvalue weighted by atomic mass is 10.1. The van der Waals surface area contributed by atoms with E-state index in [0.29, 0.717) is 46.5 Å². The monoisotopic (exact) mass is 501 g/mol. The second kappa shape index (κ2) is 9.14. The molecule has 1 atom stereocenters. The molecule has 1 aliphatic rings. The summed E-state index contributed by atoms with van der Waals surface area (Å²) in [7, 11) is 0. The Hall–Kier alpha value is -4.57. The topological polar surface area (TPSA) is 96.0 Å². The maximum atomic E-state index is 13.6. The Labute approximate surface area is 209 Å². The second-order valence-electron chi connectivity index (χ2n) is 8.82. The lowest BCUT2D eigenvalue weighted by molar-refractivity contribution is -0.128. The van der Waals surface area contributed by atoms with Crippen LogP contribution in [0.2, 0.25) is 0 Å². The first-order valence-electron chi connectivity index (χ1n) is 11.7. The predicted octanol–water partition coefficient (Wildman–Crippen LogP) is 4.09. The van der Waals surface area contributed by atoms with E-state index in [-0.39, 0.29) is 29.8 Å². The third-order valence-corrected chi connectivity index (χ3v) is 6.41. The van der Waals surface area contributed by atoms with Crippen LogP contribution in [0.15, 0.2) is 77.7 Å². The zero-order chi connectivity index (χ0) is 25.5. The van der Waals surface area contributed by atoms with Gasteiger partial charge in [0.1, 0.15) is 23.9 Å². The molecule has 6 rings (SSSR count). The van der Waals surface area contributed by atoms with Crippen molar-refractivity contribution in [3.63, 3.8) is 0 Å². The number of carbonyl (C=O) groups excluding carboxylic acids is 1. The van der Waals surface area contributed by atoms with Crippen LogP contribution in [0.1, 0.15) is 17.5 Å². The number of ether oxygens (including phenoxy) is 1. The normalized spacial score (nSPS) is 15.7. The molecule has 0 spiro atoms. The van der Waals surface area contributed by atoms with Gasteiger partial charge in [0.2, 0.25) is 0 Å². The third kappa shape index (κ3) is 4.43. The first kappa shape index (κ1) is 22.9. The number of halogens is 2. The second-order valence-corrected chi connectivity index (χ2v) is 8.82. The minimum Gasteiger partial charge on any atom is -0.342 e. The lowest BCUT2D eigenvalue weighted by Crippen LogP contribution is -2.31. The van der Waals surface area contributed by atoms with Crippen LogP contribution in [-0.2, 0) is 16.0 Å². The molecule has 0 bridgehead atoms. The zero-order valence-corrected chi connectivity index (χ0v) is 19.4. The van der Waals surface area contributed by atoms with E-state index in [1.807, 2.05) is 18.2 Å². The van der Waals surface area contributed by atoms with Crippen LogP contribution < -0.4 is 5.69 Å². The summed E-state index contributed by atoms with van der Waals surface area (Å²) in [5, 5.41) is 4.71. The van der Waals surface area contributed by atoms with Crippen molar-refractivity contribution in [3.8, 4) is 16.8 Å². The average molecular weight is 501 g/mol. The number of amides is 1. The van der Waals surface area contributed by atoms with E-state index in [0.717, 1.165) is 5.56 Å². The highest BCUT2D eigenvalue weighted by Crippen LogP contribution is 2.35. The number of aromatic nitrogens is 4. The van der Waals surface area contributed by atoms with Gasteiger partial charge in [0.25, 0.3) is 5.91 Å². The maximum Gasteiger partial charge on any atom is 0.323 e. The summed E-state index contributed by atoms with van der Waals surface area (Å²) >= 11 is 0. The number of nitrogens with zero attached hydrogens (tertiary/aromatic N) is 3. The Bertz CT molecular complexity index is 1650. The summed E-state index contributed by atoms with van der Waals surface area (Å²) in [5.41, 5.74) is 4.56. The molecule has 0 radical (unpaired) electrons. The summed E-state index contributed by atoms with van der Waals surface area (Å²) in [6.07, 6.45) is 1.53. The van der Waals surface area contributed by atoms with Crippen molar-refractivity contribution >= 4 is 16.9 Å². The molecule has 2 aromatic heterocycles. The molecule has 1 aliphatic heterocycles. The van der Waals surface area contributed by atoms with Crippen molar-refractivity contribution in [2.45, 2.75) is 12.6 Å². The van der Waals surface area contributed by atoms with E-state index >= 15 is 0 Å². The van der Waals surface area contributed by atoms with Gasteiger partial charge in [0.15, 0.2) is 6.23 Å². The van der Waals surface area contributed by atoms with E-state index in [1.54, 1.807) is 40.0 Å². The van der Waals surface area contributed by atoms with Crippen LogP contribution in [-0.4, -0.2) is 43.7 Å². The van der Waals surface area contributed by atoms with Crippen LogP contribution in [0.5, 0.6) is 0 Å². The highest BCUT2D eigenvalue weighted by atomic mass is 19.1. The Morgan fingerprint density at radius 2 is 1.62 bits per heavy atom. The Kier molecular flexibility index (Phi) is 5.65. The van der Waals surface area contributed by atoms with E-state index in [2.05, 4.69) is 9.97 Å². The summed E-state index contributed by atoms with van der Waals surface area (Å²) in [6, 6.07) is 17.4. The molecule has 2 N–H and O–H groups in total. The summed E-state index contributed by atoms with van der Waals surface area (Å²) in [6.45, 7) is 0.261. The quantitative estimate of drug-likeness (QED) is 0.366. The van der Waals surface area contributed by atoms with Crippen LogP contribution in [0.25, 0.3) is 27.8 Å². The molecule has 1 unspecified atom stereocenters. The number of hydrogen-bond donors (Lipinski definition) is 2. The molecule has 1 amide bonds. The molecule has 8 nitrogen and oxygen atoms in total. The minimum absolute atomic E-state index is 0.0961. The van der Waals surface area contributed by atoms with Crippen LogP contribution in [0.4, 0.5) is 8.78 Å². The van der Waals surface area contributed by atoms with Crippen molar-refractivity contribution in [2.75, 3.05) is 13.2 Å². The number of imidazole rings is 1. The average Bonchev–Trinajstić information content (AvgIpc) is 3.59. The molecular weight excluding hydrogens is 480 g/mol. The fourth-order valence-corrected chi connectivity index (χ4v) is 4.55. The largest absolute Gasteiger partial charge is 0.342 e. The fourth-order valence-electron chi connectivity index (χ4n) is 4.55. The van der Waals surface area contributed by atoms with Gasteiger partial charge in [-0.2, -0.15) is 5.10 Å². The van der Waals surface area contributed by atoms with Gasteiger partial charge in [0, 0.05) is 18.3 Å². The Morgan fingerprint density at radius 3 is 2.38 bits per heavy atom. The van der Waals surface area contributed by atoms with Gasteiger partial charge < -0.3 is 19.6 Å². The van der Waals surface area contributed by atoms with Gasteiger partial charge in [-0.15, -0.1) is 0 Å². The predicted molar refractivity (Wildman–Crippen MR) is 132 cm³/mol. The van der Waals surface area contributed by atoms with Gasteiger partial charge in [-0.3, -0.25) is 4.79 Å². The van der Waals surface area contributed by atoms with E-state index in [4.69, 9.17) is 9.84 Å². The SMILES string of the molecule is O=C1COC(c2nn(-c3ccc(F)cc3)cc2-c2ccc(F)cc2)N1CCc1ccc2[nH]c(=O)[nH]c2c1. The number of rotatable bonds is 6. The van der Waals surface area contributed by atoms with Gasteiger partial charge in [-0.25, -0.2) is 18.3 Å². The molecule has 10 heteroatoms. The van der Waals surface area contributed by atoms with Crippen molar-refractivity contribution < 1.29 is 18.3 Å². The number of carbonyl (C=O) groups is 1. The molecule has 37 heavy (non-hydrogen) atoms. The summed E-state index contributed by atoms with van der Waals surface area (Å²) < 4.78 is 34.6. The molecule has 1 saturated heterocycles. The molecule has 3 aromatic carbocycles. The van der Waals surface area contributed by atoms with Crippen molar-refractivity contribution in [1.29, 1.82) is 0 Å². The number of aromatic amines is 2. The number of H-pyrrole nitrogens is 2. The van der Waals surface area contributed by atoms with E-state index in [1.165, 1.54) is 24.3 Å². The number of benzene rings is 3. The van der Waals surface area contributed by atoms with Gasteiger partial charge in [0.05, 0.1) is 16.7 Å². The highest BCUT2D eigenvalue weighted by Gasteiger charge is 2.36. The van der Waals surface area contributed by atoms with Gasteiger partial charge >= 0.3 is 5.69 Å². The van der Waals surface area contributed by atoms with E-state index in [9.17, 15) is 18.4 Å². The van der Waals surface area contributed by atoms with Gasteiger partial charge in [-0.05, 0) is 66.1 Å². The standard InChI is InChI=1S/C27H21F2N5O3/c28-18-4-2-17(3-5-18)21-14-34(20-8-6-19(29)7-9-20)32-25(21)26-33(24(35)15-37-26)12-11-16-1-10-22-23(13-16)31-27(36)30-22/h1-10,13-14,26H,11-12,15H2,(H2,30,31,36). The Balaban J connectivity index is 1.34. The number of fused-ring (bicyclic) bond motifs is 1. The molecule has 0 aliphatic carbocycles. The summed E-state index contributed by atoms with van der Waals surface area (Å²) in [5.74, 6) is -0.916. The first-order chi connectivity index (χ1) is 17.9. The molecule has 186 valence electrons. The maximum absolute atomic E-state index is 13.6. The molecule has 3 heterocycles.